The van der Waals surface area contributed by atoms with Crippen LogP contribution in [0.25, 0.3) is 0 Å². The predicted octanol–water partition coefficient (Wildman–Crippen LogP) is 0.0641. The van der Waals surface area contributed by atoms with Crippen molar-refractivity contribution in [3.05, 3.63) is 0 Å². The molecule has 0 aliphatic carbocycles. The Bertz CT molecular complexity index is 261. The smallest absolute Gasteiger partial charge is 0.186 e. The maximum absolute atomic E-state index is 5.92. The van der Waals surface area contributed by atoms with Crippen molar-refractivity contribution in [2.24, 2.45) is 0 Å². The Morgan fingerprint density at radius 3 is 1.80 bits per heavy atom. The summed E-state index contributed by atoms with van der Waals surface area (Å²) in [4.78, 5) is 0. The van der Waals surface area contributed by atoms with E-state index in [0.717, 1.165) is 0 Å². The average molecular weight is 294 g/mol. The summed E-state index contributed by atoms with van der Waals surface area (Å²) >= 11 is 0. The van der Waals surface area contributed by atoms with Crippen molar-refractivity contribution in [3.63, 3.8) is 0 Å². The summed E-state index contributed by atoms with van der Waals surface area (Å²) in [6.45, 7) is 0.381. The fraction of sp³-hybridized carbons (Fsp3) is 1.00. The van der Waals surface area contributed by atoms with E-state index in [-0.39, 0.29) is 30.5 Å². The highest BCUT2D eigenvalue weighted by Gasteiger charge is 2.50. The maximum Gasteiger partial charge on any atom is 0.186 e. The van der Waals surface area contributed by atoms with Gasteiger partial charge in [-0.3, -0.25) is 0 Å². The molecular formula is C13H26O7. The summed E-state index contributed by atoms with van der Waals surface area (Å²) in [7, 11) is 9.57. The molecule has 0 radical (unpaired) electrons. The molecule has 20 heavy (non-hydrogen) atoms. The molecule has 0 aromatic carbocycles. The molecule has 0 amide bonds. The Labute approximate surface area is 120 Å². The van der Waals surface area contributed by atoms with Gasteiger partial charge in [0.25, 0.3) is 0 Å². The summed E-state index contributed by atoms with van der Waals surface area (Å²) < 4.78 is 38.4. The lowest BCUT2D eigenvalue weighted by Gasteiger charge is -2.46. The molecule has 7 nitrogen and oxygen atoms in total. The van der Waals surface area contributed by atoms with Crippen LogP contribution in [0, 0.1) is 0 Å². The van der Waals surface area contributed by atoms with Crippen LogP contribution in [0.3, 0.4) is 0 Å². The van der Waals surface area contributed by atoms with Crippen LogP contribution in [0.1, 0.15) is 0 Å². The van der Waals surface area contributed by atoms with Crippen molar-refractivity contribution >= 4 is 0 Å². The lowest BCUT2D eigenvalue weighted by Crippen LogP contribution is -2.63. The van der Waals surface area contributed by atoms with Crippen molar-refractivity contribution in [1.82, 2.24) is 0 Å². The van der Waals surface area contributed by atoms with Gasteiger partial charge in [-0.15, -0.1) is 0 Å². The second-order valence-electron chi connectivity index (χ2n) is 4.54. The zero-order valence-corrected chi connectivity index (χ0v) is 13.0. The van der Waals surface area contributed by atoms with E-state index in [2.05, 4.69) is 0 Å². The minimum Gasteiger partial charge on any atom is -0.382 e. The zero-order valence-electron chi connectivity index (χ0n) is 13.0. The van der Waals surface area contributed by atoms with E-state index in [1.165, 1.54) is 0 Å². The average Bonchev–Trinajstić information content (AvgIpc) is 2.50. The SMILES string of the molecule is COC[C@H](OC)[C@H]1O[C@@H](OC)[C@@H](OC)[C@@H](OC)[C@@H]1OC. The lowest BCUT2D eigenvalue weighted by molar-refractivity contribution is -0.318. The first-order valence-electron chi connectivity index (χ1n) is 6.46. The highest BCUT2D eigenvalue weighted by molar-refractivity contribution is 4.95. The molecule has 7 heteroatoms. The largest absolute Gasteiger partial charge is 0.382 e. The van der Waals surface area contributed by atoms with Crippen molar-refractivity contribution in [2.75, 3.05) is 49.3 Å². The van der Waals surface area contributed by atoms with Crippen molar-refractivity contribution in [2.45, 2.75) is 36.8 Å². The number of hydrogen-bond donors (Lipinski definition) is 0. The molecule has 0 aromatic rings. The van der Waals surface area contributed by atoms with E-state index in [1.54, 1.807) is 42.7 Å². The van der Waals surface area contributed by atoms with Gasteiger partial charge in [-0.05, 0) is 0 Å². The molecule has 0 N–H and O–H groups in total. The minimum atomic E-state index is -0.559. The Morgan fingerprint density at radius 1 is 0.800 bits per heavy atom. The van der Waals surface area contributed by atoms with E-state index in [1.807, 2.05) is 0 Å². The van der Waals surface area contributed by atoms with Gasteiger partial charge in [-0.25, -0.2) is 0 Å². The van der Waals surface area contributed by atoms with Gasteiger partial charge in [0, 0.05) is 42.7 Å². The van der Waals surface area contributed by atoms with Crippen LogP contribution in [0.4, 0.5) is 0 Å². The van der Waals surface area contributed by atoms with Crippen LogP contribution < -0.4 is 0 Å². The summed E-state index contributed by atoms with van der Waals surface area (Å²) in [6.07, 6.45) is -2.30. The summed E-state index contributed by atoms with van der Waals surface area (Å²) in [5, 5.41) is 0. The molecule has 0 bridgehead atoms. The summed E-state index contributed by atoms with van der Waals surface area (Å²) in [5.41, 5.74) is 0. The number of methoxy groups -OCH3 is 6. The highest BCUT2D eigenvalue weighted by Crippen LogP contribution is 2.29. The van der Waals surface area contributed by atoms with Gasteiger partial charge in [-0.2, -0.15) is 0 Å². The van der Waals surface area contributed by atoms with Gasteiger partial charge in [0.15, 0.2) is 6.29 Å². The fourth-order valence-electron chi connectivity index (χ4n) is 2.57. The first-order valence-corrected chi connectivity index (χ1v) is 6.46. The molecular weight excluding hydrogens is 268 g/mol. The molecule has 1 saturated heterocycles. The van der Waals surface area contributed by atoms with E-state index >= 15 is 0 Å². The van der Waals surface area contributed by atoms with Crippen LogP contribution >= 0.6 is 0 Å². The molecule has 1 rings (SSSR count). The van der Waals surface area contributed by atoms with Crippen molar-refractivity contribution in [1.29, 1.82) is 0 Å². The molecule has 6 atom stereocenters. The third kappa shape index (κ3) is 3.67. The van der Waals surface area contributed by atoms with Crippen LogP contribution in [0.2, 0.25) is 0 Å². The first kappa shape index (κ1) is 17.8. The monoisotopic (exact) mass is 294 g/mol. The van der Waals surface area contributed by atoms with Crippen LogP contribution in [0.5, 0.6) is 0 Å². The molecule has 0 aromatic heterocycles. The lowest BCUT2D eigenvalue weighted by atomic mass is 9.94. The topological polar surface area (TPSA) is 64.6 Å². The minimum absolute atomic E-state index is 0.293. The Hall–Kier alpha value is -0.280. The molecule has 0 saturated carbocycles. The van der Waals surface area contributed by atoms with E-state index in [9.17, 15) is 0 Å². The van der Waals surface area contributed by atoms with Crippen LogP contribution in [-0.2, 0) is 33.2 Å². The standard InChI is InChI=1S/C13H26O7/c1-14-7-8(15-2)9-10(16-3)11(17-4)12(18-5)13(19-6)20-9/h8-13H,7H2,1-6H3/t8-,9+,10+,11-,12-,13+/m0/s1. The molecule has 1 aliphatic rings. The van der Waals surface area contributed by atoms with Gasteiger partial charge < -0.3 is 33.2 Å². The van der Waals surface area contributed by atoms with Gasteiger partial charge in [0.2, 0.25) is 0 Å². The Kier molecular flexibility index (Phi) is 7.90. The second kappa shape index (κ2) is 8.89. The van der Waals surface area contributed by atoms with Crippen molar-refractivity contribution < 1.29 is 33.2 Å². The molecule has 120 valence electrons. The Balaban J connectivity index is 2.97. The van der Waals surface area contributed by atoms with Gasteiger partial charge in [-0.1, -0.05) is 0 Å². The maximum atomic E-state index is 5.92. The normalized spacial score (nSPS) is 36.0. The van der Waals surface area contributed by atoms with Crippen LogP contribution in [-0.4, -0.2) is 86.1 Å². The Morgan fingerprint density at radius 2 is 1.40 bits per heavy atom. The number of ether oxygens (including phenoxy) is 7. The van der Waals surface area contributed by atoms with Crippen LogP contribution in [0.15, 0.2) is 0 Å². The molecule has 0 unspecified atom stereocenters. The van der Waals surface area contributed by atoms with E-state index in [4.69, 9.17) is 33.2 Å². The molecule has 0 spiro atoms. The number of hydrogen-bond acceptors (Lipinski definition) is 7. The van der Waals surface area contributed by atoms with E-state index in [0.29, 0.717) is 6.61 Å². The fourth-order valence-corrected chi connectivity index (χ4v) is 2.57. The molecule has 1 heterocycles. The van der Waals surface area contributed by atoms with Gasteiger partial charge >= 0.3 is 0 Å². The molecule has 1 aliphatic heterocycles. The third-order valence-corrected chi connectivity index (χ3v) is 3.58. The first-order chi connectivity index (χ1) is 9.68. The highest BCUT2D eigenvalue weighted by atomic mass is 16.7. The predicted molar refractivity (Wildman–Crippen MR) is 70.7 cm³/mol. The van der Waals surface area contributed by atoms with Gasteiger partial charge in [0.1, 0.15) is 30.5 Å². The van der Waals surface area contributed by atoms with Crippen molar-refractivity contribution in [3.8, 4) is 0 Å². The summed E-state index contributed by atoms with van der Waals surface area (Å²) in [6, 6.07) is 0. The second-order valence-corrected chi connectivity index (χ2v) is 4.54. The third-order valence-electron chi connectivity index (χ3n) is 3.58. The quantitative estimate of drug-likeness (QED) is 0.627. The van der Waals surface area contributed by atoms with Gasteiger partial charge in [0.05, 0.1) is 6.61 Å². The zero-order chi connectivity index (χ0) is 15.1. The molecule has 1 fully saturated rings. The van der Waals surface area contributed by atoms with E-state index < -0.39 is 6.29 Å². The number of rotatable bonds is 8. The summed E-state index contributed by atoms with van der Waals surface area (Å²) in [5.74, 6) is 0.